The molecular weight excluding hydrogens is 383 g/mol. The molecule has 0 saturated carbocycles. The van der Waals surface area contributed by atoms with Crippen molar-refractivity contribution in [2.75, 3.05) is 5.75 Å². The Balaban J connectivity index is -0.0000000625. The summed E-state index contributed by atoms with van der Waals surface area (Å²) in [6, 6.07) is 0. The number of hydrogen-bond acceptors (Lipinski definition) is 2. The second-order valence-corrected chi connectivity index (χ2v) is 4.34. The number of hydrogen-bond donors (Lipinski definition) is 1. The predicted molar refractivity (Wildman–Crippen MR) is 64.4 cm³/mol. The van der Waals surface area contributed by atoms with Gasteiger partial charge >= 0.3 is 40.6 Å². The molecule has 0 spiro atoms. The second-order valence-electron chi connectivity index (χ2n) is 2.77. The molecule has 0 unspecified atom stereocenters. The number of halogens is 12. The van der Waals surface area contributed by atoms with Crippen LogP contribution in [-0.4, -0.2) is 59.3 Å². The summed E-state index contributed by atoms with van der Waals surface area (Å²) in [4.78, 5) is 0. The first-order valence-electron chi connectivity index (χ1n) is 4.63. The van der Waals surface area contributed by atoms with Crippen molar-refractivity contribution in [2.24, 2.45) is 0 Å². The Morgan fingerprint density at radius 1 is 0.696 bits per heavy atom. The molecule has 0 rings (SSSR count). The third kappa shape index (κ3) is 578. The zero-order valence-electron chi connectivity index (χ0n) is 10.4. The molecule has 20 heteroatoms. The predicted octanol–water partition coefficient (Wildman–Crippen LogP) is 3.54. The summed E-state index contributed by atoms with van der Waals surface area (Å²) in [5.74, 6) is -0.132. The van der Waals surface area contributed by atoms with Crippen LogP contribution in [0, 0.1) is 0 Å². The van der Waals surface area contributed by atoms with Crippen molar-refractivity contribution in [3.8, 4) is 0 Å². The summed E-state index contributed by atoms with van der Waals surface area (Å²) in [5, 5.41) is 0. The van der Waals surface area contributed by atoms with Gasteiger partial charge in [0.25, 0.3) is 10.1 Å². The minimum absolute atomic E-state index is 0. The number of rotatable bonds is 2. The minimum atomic E-state index is -6.00. The summed E-state index contributed by atoms with van der Waals surface area (Å²) < 4.78 is 145. The fourth-order valence-electron chi connectivity index (χ4n) is 0.258. The summed E-state index contributed by atoms with van der Waals surface area (Å²) in [6.45, 7) is 1.69. The summed E-state index contributed by atoms with van der Waals surface area (Å²) in [6.07, 6.45) is 0.471. The van der Waals surface area contributed by atoms with E-state index in [9.17, 15) is 60.2 Å². The van der Waals surface area contributed by atoms with Gasteiger partial charge in [-0.3, -0.25) is 4.55 Å². The maximum absolute atomic E-state index is 9.79. The standard InChI is InChI=1S/C3H8O3S.3BF4.Li.H/c1-2-3-7(4,5)6;3*2-1(3,4)5;;/h2-3H2,1H3,(H,4,5,6);;;;;/q;3*-1;;. The van der Waals surface area contributed by atoms with Gasteiger partial charge in [0.2, 0.25) is 0 Å². The van der Waals surface area contributed by atoms with Gasteiger partial charge in [0.15, 0.2) is 0 Å². The van der Waals surface area contributed by atoms with Gasteiger partial charge in [-0.1, -0.05) is 6.92 Å². The van der Waals surface area contributed by atoms with Crippen LogP contribution in [0.15, 0.2) is 0 Å². The van der Waals surface area contributed by atoms with Crippen molar-refractivity contribution in [3.05, 3.63) is 0 Å². The third-order valence-electron chi connectivity index (χ3n) is 0.462. The zero-order chi connectivity index (χ0) is 19.4. The Hall–Kier alpha value is -0.138. The maximum atomic E-state index is 9.79. The fourth-order valence-corrected chi connectivity index (χ4v) is 0.774. The molecule has 0 aromatic heterocycles. The fraction of sp³-hybridized carbons (Fsp3) is 1.00. The van der Waals surface area contributed by atoms with E-state index in [-0.39, 0.29) is 24.6 Å². The van der Waals surface area contributed by atoms with Crippen LogP contribution in [0.3, 0.4) is 0 Å². The van der Waals surface area contributed by atoms with Gasteiger partial charge in [-0.2, -0.15) is 8.42 Å². The van der Waals surface area contributed by atoms with Crippen LogP contribution >= 0.6 is 0 Å². The van der Waals surface area contributed by atoms with Crippen LogP contribution in [0.2, 0.25) is 0 Å². The van der Waals surface area contributed by atoms with Gasteiger partial charge in [-0.25, -0.2) is 0 Å². The SMILES string of the molecule is CCCS(=O)(=O)O.F[B-](F)(F)F.F[B-](F)(F)F.F[B-](F)(F)F.[LiH]. The van der Waals surface area contributed by atoms with E-state index in [2.05, 4.69) is 0 Å². The zero-order valence-corrected chi connectivity index (χ0v) is 11.2. The Morgan fingerprint density at radius 3 is 0.826 bits per heavy atom. The first-order valence-corrected chi connectivity index (χ1v) is 6.24. The van der Waals surface area contributed by atoms with Gasteiger partial charge in [0, 0.05) is 0 Å². The van der Waals surface area contributed by atoms with E-state index in [1.807, 2.05) is 0 Å². The molecule has 3 nitrogen and oxygen atoms in total. The van der Waals surface area contributed by atoms with Crippen LogP contribution in [-0.2, 0) is 10.1 Å². The summed E-state index contributed by atoms with van der Waals surface area (Å²) in [5.41, 5.74) is 0. The molecule has 142 valence electrons. The molecule has 0 amide bonds. The third-order valence-corrected chi connectivity index (χ3v) is 1.39. The van der Waals surface area contributed by atoms with Gasteiger partial charge in [0.1, 0.15) is 0 Å². The molecule has 0 aromatic rings. The van der Waals surface area contributed by atoms with Gasteiger partial charge in [-0.05, 0) is 6.42 Å². The van der Waals surface area contributed by atoms with Crippen molar-refractivity contribution in [1.29, 1.82) is 0 Å². The average Bonchev–Trinajstić information content (AvgIpc) is 1.88. The Bertz CT molecular complexity index is 305. The van der Waals surface area contributed by atoms with Crippen molar-refractivity contribution in [3.63, 3.8) is 0 Å². The topological polar surface area (TPSA) is 54.4 Å². The van der Waals surface area contributed by atoms with Gasteiger partial charge < -0.3 is 51.8 Å². The van der Waals surface area contributed by atoms with Crippen LogP contribution < -0.4 is 0 Å². The van der Waals surface area contributed by atoms with E-state index in [1.54, 1.807) is 6.92 Å². The molecular formula is C3H9B3F12LiO3S-3. The quantitative estimate of drug-likeness (QED) is 0.444. The molecule has 0 aliphatic carbocycles. The first-order chi connectivity index (χ1) is 9.06. The molecule has 1 N–H and O–H groups in total. The van der Waals surface area contributed by atoms with E-state index in [0.29, 0.717) is 6.42 Å². The Labute approximate surface area is 135 Å². The van der Waals surface area contributed by atoms with Gasteiger partial charge in [-0.15, -0.1) is 0 Å². The van der Waals surface area contributed by atoms with Crippen molar-refractivity contribution < 1.29 is 64.8 Å². The molecule has 0 fully saturated rings. The van der Waals surface area contributed by atoms with Crippen LogP contribution in [0.4, 0.5) is 51.8 Å². The van der Waals surface area contributed by atoms with E-state index < -0.39 is 31.9 Å². The molecule has 0 bridgehead atoms. The van der Waals surface area contributed by atoms with E-state index in [1.165, 1.54) is 0 Å². The van der Waals surface area contributed by atoms with E-state index in [0.717, 1.165) is 0 Å². The van der Waals surface area contributed by atoms with E-state index >= 15 is 0 Å². The second kappa shape index (κ2) is 14.2. The molecule has 0 saturated heterocycles. The van der Waals surface area contributed by atoms with Crippen LogP contribution in [0.5, 0.6) is 0 Å². The molecule has 23 heavy (non-hydrogen) atoms. The van der Waals surface area contributed by atoms with Gasteiger partial charge in [0.05, 0.1) is 5.75 Å². The van der Waals surface area contributed by atoms with Crippen LogP contribution in [0.1, 0.15) is 13.3 Å². The molecule has 0 aliphatic rings. The monoisotopic (exact) mass is 393 g/mol. The molecule has 0 aromatic carbocycles. The summed E-state index contributed by atoms with van der Waals surface area (Å²) >= 11 is 0. The van der Waals surface area contributed by atoms with Crippen molar-refractivity contribution in [2.45, 2.75) is 13.3 Å². The molecule has 0 aliphatic heterocycles. The summed E-state index contributed by atoms with van der Waals surface area (Å²) in [7, 11) is -21.7. The first kappa shape index (κ1) is 34.2. The Kier molecular flexibility index (Phi) is 21.2. The van der Waals surface area contributed by atoms with E-state index in [4.69, 9.17) is 4.55 Å². The van der Waals surface area contributed by atoms with Crippen molar-refractivity contribution >= 4 is 50.7 Å². The average molecular weight is 393 g/mol. The van der Waals surface area contributed by atoms with Crippen LogP contribution in [0.25, 0.3) is 0 Å². The van der Waals surface area contributed by atoms with Crippen molar-refractivity contribution in [1.82, 2.24) is 0 Å². The molecule has 0 heterocycles. The molecule has 0 atom stereocenters. The Morgan fingerprint density at radius 2 is 0.826 bits per heavy atom. The normalized spacial score (nSPS) is 11.4. The molecule has 0 radical (unpaired) electrons.